The highest BCUT2D eigenvalue weighted by atomic mass is 15.1. The summed E-state index contributed by atoms with van der Waals surface area (Å²) in [6, 6.07) is 62.6. The van der Waals surface area contributed by atoms with Crippen LogP contribution in [0.15, 0.2) is 176 Å². The Balaban J connectivity index is 1.12. The second-order valence-corrected chi connectivity index (χ2v) is 12.6. The summed E-state index contributed by atoms with van der Waals surface area (Å²) < 4.78 is 2.26. The molecule has 2 heterocycles. The van der Waals surface area contributed by atoms with Crippen molar-refractivity contribution >= 4 is 54.1 Å². The van der Waals surface area contributed by atoms with E-state index >= 15 is 0 Å². The minimum atomic E-state index is 0.702. The Morgan fingerprint density at radius 2 is 0.776 bits per heavy atom. The molecule has 0 saturated heterocycles. The molecular weight excluding hydrogens is 595 g/mol. The predicted octanol–water partition coefficient (Wildman–Crippen LogP) is 12.0. The van der Waals surface area contributed by atoms with E-state index in [1.165, 1.54) is 54.2 Å². The lowest BCUT2D eigenvalue weighted by molar-refractivity contribution is 1.05. The summed E-state index contributed by atoms with van der Waals surface area (Å²) in [4.78, 5) is 10.3. The zero-order chi connectivity index (χ0) is 32.3. The molecule has 0 atom stereocenters. The van der Waals surface area contributed by atoms with Gasteiger partial charge < -0.3 is 0 Å². The molecule has 10 rings (SSSR count). The fourth-order valence-corrected chi connectivity index (χ4v) is 7.50. The lowest BCUT2D eigenvalue weighted by atomic mass is 9.92. The van der Waals surface area contributed by atoms with Gasteiger partial charge in [-0.3, -0.25) is 4.57 Å². The maximum Gasteiger partial charge on any atom is 0.162 e. The van der Waals surface area contributed by atoms with Crippen LogP contribution in [0.3, 0.4) is 0 Å². The molecule has 0 bridgehead atoms. The van der Waals surface area contributed by atoms with Gasteiger partial charge in [-0.15, -0.1) is 0 Å². The summed E-state index contributed by atoms with van der Waals surface area (Å²) in [5.74, 6) is 1.55. The highest BCUT2D eigenvalue weighted by Crippen LogP contribution is 2.38. The van der Waals surface area contributed by atoms with Crippen LogP contribution in [0.1, 0.15) is 0 Å². The molecule has 0 aliphatic rings. The predicted molar refractivity (Wildman–Crippen MR) is 205 cm³/mol. The molecule has 0 aliphatic heterocycles. The van der Waals surface area contributed by atoms with Crippen LogP contribution >= 0.6 is 0 Å². The number of hydrogen-bond acceptors (Lipinski definition) is 2. The average molecular weight is 624 g/mol. The van der Waals surface area contributed by atoms with Crippen LogP contribution in [-0.2, 0) is 0 Å². The Bertz CT molecular complexity index is 2780. The summed E-state index contributed by atoms with van der Waals surface area (Å²) in [6.45, 7) is 0. The van der Waals surface area contributed by atoms with E-state index < -0.39 is 0 Å². The van der Waals surface area contributed by atoms with Gasteiger partial charge in [0.05, 0.1) is 16.7 Å². The summed E-state index contributed by atoms with van der Waals surface area (Å²) in [5, 5.41) is 10.1. The van der Waals surface area contributed by atoms with E-state index in [-0.39, 0.29) is 0 Å². The molecule has 0 N–H and O–H groups in total. The van der Waals surface area contributed by atoms with E-state index in [4.69, 9.17) is 9.97 Å². The molecule has 2 aromatic heterocycles. The van der Waals surface area contributed by atoms with E-state index in [1.807, 2.05) is 18.2 Å². The topological polar surface area (TPSA) is 30.7 Å². The molecule has 10 aromatic rings. The maximum absolute atomic E-state index is 5.16. The maximum atomic E-state index is 5.16. The standard InChI is InChI=1S/C46H29N3/c1-2-12-32(13-3-1)46-47-42(29-45(48-46)49-43-20-10-8-18-39(43)40-19-9-11-21-44(40)49)31-24-22-30(23-25-31)33-26-27-38-36-16-5-4-14-34(36)35-15-6-7-17-37(35)41(38)28-33/h1-29H. The van der Waals surface area contributed by atoms with Crippen LogP contribution in [0.5, 0.6) is 0 Å². The third-order valence-corrected chi connectivity index (χ3v) is 9.81. The minimum Gasteiger partial charge on any atom is -0.294 e. The van der Waals surface area contributed by atoms with Gasteiger partial charge in [-0.05, 0) is 61.6 Å². The normalized spacial score (nSPS) is 11.7. The van der Waals surface area contributed by atoms with Crippen molar-refractivity contribution in [3.8, 4) is 39.6 Å². The molecule has 0 aliphatic carbocycles. The Morgan fingerprint density at radius 3 is 1.39 bits per heavy atom. The smallest absolute Gasteiger partial charge is 0.162 e. The summed E-state index contributed by atoms with van der Waals surface area (Å²) in [5.41, 5.74) is 7.52. The second-order valence-electron chi connectivity index (χ2n) is 12.6. The first-order valence-electron chi connectivity index (χ1n) is 16.7. The van der Waals surface area contributed by atoms with Crippen molar-refractivity contribution in [1.29, 1.82) is 0 Å². The molecule has 49 heavy (non-hydrogen) atoms. The summed E-state index contributed by atoms with van der Waals surface area (Å²) >= 11 is 0. The number of benzene rings is 8. The van der Waals surface area contributed by atoms with Gasteiger partial charge in [-0.2, -0.15) is 0 Å². The molecule has 0 fully saturated rings. The Morgan fingerprint density at radius 1 is 0.306 bits per heavy atom. The highest BCUT2D eigenvalue weighted by Gasteiger charge is 2.16. The molecular formula is C46H29N3. The van der Waals surface area contributed by atoms with Crippen LogP contribution in [0, 0.1) is 0 Å². The summed E-state index contributed by atoms with van der Waals surface area (Å²) in [7, 11) is 0. The minimum absolute atomic E-state index is 0.702. The number of nitrogens with zero attached hydrogens (tertiary/aromatic N) is 3. The van der Waals surface area contributed by atoms with Gasteiger partial charge in [0.2, 0.25) is 0 Å². The van der Waals surface area contributed by atoms with Crippen molar-refractivity contribution < 1.29 is 0 Å². The van der Waals surface area contributed by atoms with E-state index in [1.54, 1.807) is 0 Å². The second kappa shape index (κ2) is 11.0. The van der Waals surface area contributed by atoms with Crippen molar-refractivity contribution in [2.45, 2.75) is 0 Å². The van der Waals surface area contributed by atoms with Gasteiger partial charge >= 0.3 is 0 Å². The quantitative estimate of drug-likeness (QED) is 0.183. The number of rotatable bonds is 4. The molecule has 3 heteroatoms. The molecule has 0 amide bonds. The molecule has 3 nitrogen and oxygen atoms in total. The van der Waals surface area contributed by atoms with Crippen molar-refractivity contribution in [1.82, 2.24) is 14.5 Å². The van der Waals surface area contributed by atoms with Crippen LogP contribution in [0.4, 0.5) is 0 Å². The van der Waals surface area contributed by atoms with Gasteiger partial charge in [-0.1, -0.05) is 152 Å². The Labute approximate surface area is 283 Å². The largest absolute Gasteiger partial charge is 0.294 e. The molecule has 0 saturated carbocycles. The first kappa shape index (κ1) is 27.5. The first-order valence-corrected chi connectivity index (χ1v) is 16.7. The lowest BCUT2D eigenvalue weighted by Gasteiger charge is -2.13. The fraction of sp³-hybridized carbons (Fsp3) is 0. The summed E-state index contributed by atoms with van der Waals surface area (Å²) in [6.07, 6.45) is 0. The number of hydrogen-bond donors (Lipinski definition) is 0. The van der Waals surface area contributed by atoms with Gasteiger partial charge in [0.25, 0.3) is 0 Å². The Kier molecular flexibility index (Phi) is 6.18. The molecule has 228 valence electrons. The zero-order valence-electron chi connectivity index (χ0n) is 26.6. The van der Waals surface area contributed by atoms with Gasteiger partial charge in [-0.25, -0.2) is 9.97 Å². The molecule has 0 unspecified atom stereocenters. The fourth-order valence-electron chi connectivity index (χ4n) is 7.50. The average Bonchev–Trinajstić information content (AvgIpc) is 3.52. The Hall–Kier alpha value is -6.58. The van der Waals surface area contributed by atoms with Crippen LogP contribution in [0.2, 0.25) is 0 Å². The number of aromatic nitrogens is 3. The van der Waals surface area contributed by atoms with E-state index in [0.717, 1.165) is 33.7 Å². The van der Waals surface area contributed by atoms with Gasteiger partial charge in [0, 0.05) is 28.0 Å². The number of fused-ring (bicyclic) bond motifs is 9. The third-order valence-electron chi connectivity index (χ3n) is 9.81. The van der Waals surface area contributed by atoms with Gasteiger partial charge in [0.15, 0.2) is 5.82 Å². The molecule has 8 aromatic carbocycles. The van der Waals surface area contributed by atoms with Crippen LogP contribution in [-0.4, -0.2) is 14.5 Å². The number of para-hydroxylation sites is 2. The molecule has 0 radical (unpaired) electrons. The van der Waals surface area contributed by atoms with Crippen molar-refractivity contribution in [2.24, 2.45) is 0 Å². The van der Waals surface area contributed by atoms with E-state index in [9.17, 15) is 0 Å². The molecule has 0 spiro atoms. The lowest BCUT2D eigenvalue weighted by Crippen LogP contribution is -2.02. The van der Waals surface area contributed by atoms with Crippen LogP contribution < -0.4 is 0 Å². The SMILES string of the molecule is c1ccc(-c2nc(-c3ccc(-c4ccc5c6ccccc6c6ccccc6c5c4)cc3)cc(-n3c4ccccc4c4ccccc43)n2)cc1. The van der Waals surface area contributed by atoms with Gasteiger partial charge in [0.1, 0.15) is 5.82 Å². The van der Waals surface area contributed by atoms with Crippen LogP contribution in [0.25, 0.3) is 93.7 Å². The third kappa shape index (κ3) is 4.44. The van der Waals surface area contributed by atoms with Crippen molar-refractivity contribution in [2.75, 3.05) is 0 Å². The van der Waals surface area contributed by atoms with Crippen molar-refractivity contribution in [3.63, 3.8) is 0 Å². The monoisotopic (exact) mass is 623 g/mol. The zero-order valence-corrected chi connectivity index (χ0v) is 26.6. The van der Waals surface area contributed by atoms with E-state index in [0.29, 0.717) is 5.82 Å². The first-order chi connectivity index (χ1) is 24.3. The van der Waals surface area contributed by atoms with E-state index in [2.05, 4.69) is 162 Å². The van der Waals surface area contributed by atoms with Crippen molar-refractivity contribution in [3.05, 3.63) is 176 Å². The highest BCUT2D eigenvalue weighted by molar-refractivity contribution is 6.25.